The second-order valence-corrected chi connectivity index (χ2v) is 6.49. The van der Waals surface area contributed by atoms with E-state index in [0.29, 0.717) is 0 Å². The predicted octanol–water partition coefficient (Wildman–Crippen LogP) is 2.18. The summed E-state index contributed by atoms with van der Waals surface area (Å²) in [4.78, 5) is 5.22. The van der Waals surface area contributed by atoms with Gasteiger partial charge in [-0.25, -0.2) is 0 Å². The largest absolute Gasteiger partial charge is 0.315 e. The smallest absolute Gasteiger partial charge is 0.0195 e. The SMILES string of the molecule is CCN1CCN(CCNCC2CCCCC2)CC1C. The van der Waals surface area contributed by atoms with Crippen LogP contribution in [0.25, 0.3) is 0 Å². The van der Waals surface area contributed by atoms with E-state index in [1.165, 1.54) is 77.9 Å². The van der Waals surface area contributed by atoms with E-state index in [2.05, 4.69) is 29.0 Å². The van der Waals surface area contributed by atoms with Crippen molar-refractivity contribution in [1.29, 1.82) is 0 Å². The average Bonchev–Trinajstić information content (AvgIpc) is 2.45. The zero-order chi connectivity index (χ0) is 13.5. The molecule has 1 N–H and O–H groups in total. The minimum atomic E-state index is 0.733. The zero-order valence-corrected chi connectivity index (χ0v) is 13.0. The minimum Gasteiger partial charge on any atom is -0.315 e. The summed E-state index contributed by atoms with van der Waals surface area (Å²) in [6.45, 7) is 13.3. The first-order valence-electron chi connectivity index (χ1n) is 8.46. The van der Waals surface area contributed by atoms with Crippen LogP contribution in [0.4, 0.5) is 0 Å². The number of nitrogens with one attached hydrogen (secondary N) is 1. The molecule has 2 fully saturated rings. The fourth-order valence-corrected chi connectivity index (χ4v) is 3.68. The lowest BCUT2D eigenvalue weighted by Crippen LogP contribution is -2.52. The number of hydrogen-bond donors (Lipinski definition) is 1. The first-order valence-corrected chi connectivity index (χ1v) is 8.46. The van der Waals surface area contributed by atoms with Gasteiger partial charge in [0, 0.05) is 38.8 Å². The van der Waals surface area contributed by atoms with Crippen molar-refractivity contribution in [1.82, 2.24) is 15.1 Å². The molecule has 0 spiro atoms. The van der Waals surface area contributed by atoms with Crippen LogP contribution < -0.4 is 5.32 Å². The summed E-state index contributed by atoms with van der Waals surface area (Å²) in [5.74, 6) is 0.963. The number of nitrogens with zero attached hydrogens (tertiary/aromatic N) is 2. The van der Waals surface area contributed by atoms with Crippen LogP contribution in [0.3, 0.4) is 0 Å². The quantitative estimate of drug-likeness (QED) is 0.744. The van der Waals surface area contributed by atoms with Crippen LogP contribution in [0.15, 0.2) is 0 Å². The lowest BCUT2D eigenvalue weighted by molar-refractivity contribution is 0.0885. The summed E-state index contributed by atoms with van der Waals surface area (Å²) in [5, 5.41) is 3.69. The number of rotatable bonds is 6. The van der Waals surface area contributed by atoms with Gasteiger partial charge in [0.15, 0.2) is 0 Å². The summed E-state index contributed by atoms with van der Waals surface area (Å²) in [6, 6.07) is 0.733. The molecule has 112 valence electrons. The van der Waals surface area contributed by atoms with Crippen LogP contribution in [-0.2, 0) is 0 Å². The Hall–Kier alpha value is -0.120. The van der Waals surface area contributed by atoms with E-state index in [1.807, 2.05) is 0 Å². The molecule has 1 aliphatic carbocycles. The van der Waals surface area contributed by atoms with E-state index in [4.69, 9.17) is 0 Å². The summed E-state index contributed by atoms with van der Waals surface area (Å²) in [5.41, 5.74) is 0. The lowest BCUT2D eigenvalue weighted by Gasteiger charge is -2.39. The molecule has 2 rings (SSSR count). The van der Waals surface area contributed by atoms with Crippen LogP contribution in [0.1, 0.15) is 46.0 Å². The van der Waals surface area contributed by atoms with E-state index < -0.39 is 0 Å². The van der Waals surface area contributed by atoms with Crippen LogP contribution in [0.5, 0.6) is 0 Å². The first kappa shape index (κ1) is 15.3. The van der Waals surface area contributed by atoms with Crippen molar-refractivity contribution >= 4 is 0 Å². The van der Waals surface area contributed by atoms with Crippen molar-refractivity contribution in [3.05, 3.63) is 0 Å². The average molecular weight is 267 g/mol. The molecule has 1 unspecified atom stereocenters. The fourth-order valence-electron chi connectivity index (χ4n) is 3.68. The molecule has 1 saturated carbocycles. The summed E-state index contributed by atoms with van der Waals surface area (Å²) in [7, 11) is 0. The second-order valence-electron chi connectivity index (χ2n) is 6.49. The van der Waals surface area contributed by atoms with Gasteiger partial charge in [-0.1, -0.05) is 26.2 Å². The van der Waals surface area contributed by atoms with Gasteiger partial charge in [0.05, 0.1) is 0 Å². The molecule has 3 heteroatoms. The maximum absolute atomic E-state index is 3.69. The van der Waals surface area contributed by atoms with Crippen LogP contribution >= 0.6 is 0 Å². The van der Waals surface area contributed by atoms with Gasteiger partial charge in [-0.2, -0.15) is 0 Å². The van der Waals surface area contributed by atoms with Gasteiger partial charge in [-0.3, -0.25) is 9.80 Å². The highest BCUT2D eigenvalue weighted by atomic mass is 15.3. The highest BCUT2D eigenvalue weighted by Crippen LogP contribution is 2.22. The topological polar surface area (TPSA) is 18.5 Å². The Balaban J connectivity index is 1.53. The molecule has 0 radical (unpaired) electrons. The Labute approximate surface area is 119 Å². The van der Waals surface area contributed by atoms with Gasteiger partial charge >= 0.3 is 0 Å². The number of piperazine rings is 1. The van der Waals surface area contributed by atoms with Crippen LogP contribution in [0.2, 0.25) is 0 Å². The van der Waals surface area contributed by atoms with E-state index in [0.717, 1.165) is 12.0 Å². The van der Waals surface area contributed by atoms with E-state index in [1.54, 1.807) is 0 Å². The Bertz CT molecular complexity index is 238. The third-order valence-corrected chi connectivity index (χ3v) is 5.02. The Morgan fingerprint density at radius 3 is 2.58 bits per heavy atom. The fraction of sp³-hybridized carbons (Fsp3) is 1.00. The van der Waals surface area contributed by atoms with Crippen molar-refractivity contribution in [3.8, 4) is 0 Å². The molecule has 0 aromatic carbocycles. The van der Waals surface area contributed by atoms with Gasteiger partial charge in [-0.15, -0.1) is 0 Å². The van der Waals surface area contributed by atoms with Crippen LogP contribution in [0, 0.1) is 5.92 Å². The highest BCUT2D eigenvalue weighted by molar-refractivity contribution is 4.78. The predicted molar refractivity (Wildman–Crippen MR) is 82.6 cm³/mol. The minimum absolute atomic E-state index is 0.733. The summed E-state index contributed by atoms with van der Waals surface area (Å²) < 4.78 is 0. The molecule has 0 aromatic heterocycles. The van der Waals surface area contributed by atoms with Crippen molar-refractivity contribution in [2.24, 2.45) is 5.92 Å². The molecule has 0 amide bonds. The molecule has 3 nitrogen and oxygen atoms in total. The van der Waals surface area contributed by atoms with Gasteiger partial charge in [0.2, 0.25) is 0 Å². The van der Waals surface area contributed by atoms with Crippen LogP contribution in [-0.4, -0.2) is 61.7 Å². The van der Waals surface area contributed by atoms with Crippen molar-refractivity contribution in [2.45, 2.75) is 52.0 Å². The second kappa shape index (κ2) is 8.23. The molecule has 0 aromatic rings. The Morgan fingerprint density at radius 1 is 1.11 bits per heavy atom. The van der Waals surface area contributed by atoms with Gasteiger partial charge < -0.3 is 5.32 Å². The third-order valence-electron chi connectivity index (χ3n) is 5.02. The molecule has 0 bridgehead atoms. The molecule has 1 heterocycles. The number of likely N-dealkylation sites (N-methyl/N-ethyl adjacent to an activating group) is 1. The third kappa shape index (κ3) is 5.05. The Morgan fingerprint density at radius 2 is 1.89 bits per heavy atom. The van der Waals surface area contributed by atoms with Crippen molar-refractivity contribution < 1.29 is 0 Å². The molecule has 2 aliphatic rings. The molecule has 1 aliphatic heterocycles. The maximum atomic E-state index is 3.69. The first-order chi connectivity index (χ1) is 9.29. The zero-order valence-electron chi connectivity index (χ0n) is 13.0. The molecule has 1 saturated heterocycles. The maximum Gasteiger partial charge on any atom is 0.0195 e. The summed E-state index contributed by atoms with van der Waals surface area (Å²) in [6.07, 6.45) is 7.31. The highest BCUT2D eigenvalue weighted by Gasteiger charge is 2.21. The number of hydrogen-bond acceptors (Lipinski definition) is 3. The monoisotopic (exact) mass is 267 g/mol. The standard InChI is InChI=1S/C16H33N3/c1-3-19-12-11-18(14-15(19)2)10-9-17-13-16-7-5-4-6-8-16/h15-17H,3-14H2,1-2H3. The van der Waals surface area contributed by atoms with Crippen molar-refractivity contribution in [3.63, 3.8) is 0 Å². The Kier molecular flexibility index (Phi) is 6.62. The molecular weight excluding hydrogens is 234 g/mol. The van der Waals surface area contributed by atoms with Crippen molar-refractivity contribution in [2.75, 3.05) is 45.8 Å². The molecule has 1 atom stereocenters. The lowest BCUT2D eigenvalue weighted by atomic mass is 9.89. The van der Waals surface area contributed by atoms with E-state index in [-0.39, 0.29) is 0 Å². The normalized spacial score (nSPS) is 27.8. The van der Waals surface area contributed by atoms with E-state index >= 15 is 0 Å². The van der Waals surface area contributed by atoms with Gasteiger partial charge in [-0.05, 0) is 38.8 Å². The molecular formula is C16H33N3. The summed E-state index contributed by atoms with van der Waals surface area (Å²) >= 11 is 0. The van der Waals surface area contributed by atoms with Gasteiger partial charge in [0.25, 0.3) is 0 Å². The molecule has 19 heavy (non-hydrogen) atoms. The van der Waals surface area contributed by atoms with E-state index in [9.17, 15) is 0 Å². The van der Waals surface area contributed by atoms with Gasteiger partial charge in [0.1, 0.15) is 0 Å².